The SMILES string of the molecule is CC(C)(C)[C@H](CO)O[N+](=O)[O-]. The van der Waals surface area contributed by atoms with Crippen LogP contribution in [0.5, 0.6) is 0 Å². The summed E-state index contributed by atoms with van der Waals surface area (Å²) in [6.07, 6.45) is -0.752. The average molecular weight is 163 g/mol. The molecule has 0 amide bonds. The van der Waals surface area contributed by atoms with Gasteiger partial charge >= 0.3 is 0 Å². The summed E-state index contributed by atoms with van der Waals surface area (Å²) < 4.78 is 0. The van der Waals surface area contributed by atoms with E-state index in [1.54, 1.807) is 20.8 Å². The van der Waals surface area contributed by atoms with Gasteiger partial charge in [-0.15, -0.1) is 10.1 Å². The van der Waals surface area contributed by atoms with Gasteiger partial charge in [0.1, 0.15) is 6.10 Å². The molecule has 0 bridgehead atoms. The first-order valence-electron chi connectivity index (χ1n) is 3.30. The minimum atomic E-state index is -0.883. The van der Waals surface area contributed by atoms with Crippen molar-refractivity contribution >= 4 is 0 Å². The molecule has 0 rings (SSSR count). The van der Waals surface area contributed by atoms with Crippen molar-refractivity contribution in [3.63, 3.8) is 0 Å². The molecule has 0 aliphatic heterocycles. The minimum absolute atomic E-state index is 0.343. The molecule has 66 valence electrons. The van der Waals surface area contributed by atoms with Gasteiger partial charge in [0.15, 0.2) is 0 Å². The highest BCUT2D eigenvalue weighted by atomic mass is 17.0. The Morgan fingerprint density at radius 3 is 2.18 bits per heavy atom. The van der Waals surface area contributed by atoms with Gasteiger partial charge in [-0.2, -0.15) is 0 Å². The average Bonchev–Trinajstić information content (AvgIpc) is 1.79. The molecule has 0 aliphatic rings. The molecule has 1 atom stereocenters. The zero-order valence-electron chi connectivity index (χ0n) is 6.90. The molecular formula is C6H13NO4. The summed E-state index contributed by atoms with van der Waals surface area (Å²) in [6.45, 7) is 4.94. The first-order valence-corrected chi connectivity index (χ1v) is 3.30. The summed E-state index contributed by atoms with van der Waals surface area (Å²) in [6, 6.07) is 0. The third-order valence-corrected chi connectivity index (χ3v) is 1.35. The Hall–Kier alpha value is -0.840. The van der Waals surface area contributed by atoms with Crippen LogP contribution in [0.4, 0.5) is 0 Å². The van der Waals surface area contributed by atoms with Crippen LogP contribution in [0.3, 0.4) is 0 Å². The predicted molar refractivity (Wildman–Crippen MR) is 38.4 cm³/mol. The standard InChI is InChI=1S/C6H13NO4/c1-6(2,3)5(4-8)11-7(9)10/h5,8H,4H2,1-3H3/t5-/m0/s1. The van der Waals surface area contributed by atoms with Crippen LogP contribution >= 0.6 is 0 Å². The summed E-state index contributed by atoms with van der Waals surface area (Å²) >= 11 is 0. The highest BCUT2D eigenvalue weighted by molar-refractivity contribution is 4.71. The fourth-order valence-electron chi connectivity index (χ4n) is 0.569. The molecule has 5 nitrogen and oxygen atoms in total. The van der Waals surface area contributed by atoms with Crippen LogP contribution in [0.2, 0.25) is 0 Å². The highest BCUT2D eigenvalue weighted by Crippen LogP contribution is 2.21. The zero-order chi connectivity index (χ0) is 9.07. The Morgan fingerprint density at radius 1 is 1.64 bits per heavy atom. The van der Waals surface area contributed by atoms with E-state index in [0.717, 1.165) is 0 Å². The van der Waals surface area contributed by atoms with Crippen LogP contribution < -0.4 is 0 Å². The van der Waals surface area contributed by atoms with Crippen molar-refractivity contribution < 1.29 is 15.0 Å². The largest absolute Gasteiger partial charge is 0.394 e. The molecule has 0 aromatic carbocycles. The molecule has 11 heavy (non-hydrogen) atoms. The number of hydrogen-bond acceptors (Lipinski definition) is 4. The predicted octanol–water partition coefficient (Wildman–Crippen LogP) is 0.602. The Morgan fingerprint density at radius 2 is 2.09 bits per heavy atom. The zero-order valence-corrected chi connectivity index (χ0v) is 6.90. The first-order chi connectivity index (χ1) is 4.88. The highest BCUT2D eigenvalue weighted by Gasteiger charge is 2.27. The Bertz CT molecular complexity index is 140. The first kappa shape index (κ1) is 10.2. The van der Waals surface area contributed by atoms with Crippen molar-refractivity contribution in [3.05, 3.63) is 10.1 Å². The third kappa shape index (κ3) is 3.77. The molecule has 0 fully saturated rings. The lowest BCUT2D eigenvalue weighted by atomic mass is 9.90. The van der Waals surface area contributed by atoms with E-state index < -0.39 is 16.6 Å². The molecule has 0 saturated carbocycles. The van der Waals surface area contributed by atoms with Crippen molar-refractivity contribution in [2.45, 2.75) is 26.9 Å². The van der Waals surface area contributed by atoms with Crippen LogP contribution in [-0.2, 0) is 4.84 Å². The van der Waals surface area contributed by atoms with Gasteiger partial charge < -0.3 is 9.94 Å². The van der Waals surface area contributed by atoms with Gasteiger partial charge in [0.25, 0.3) is 5.09 Å². The Balaban J connectivity index is 4.07. The number of nitrogens with zero attached hydrogens (tertiary/aromatic N) is 1. The summed E-state index contributed by atoms with van der Waals surface area (Å²) in [5.41, 5.74) is -0.415. The molecular weight excluding hydrogens is 150 g/mol. The minimum Gasteiger partial charge on any atom is -0.394 e. The van der Waals surface area contributed by atoms with Crippen molar-refractivity contribution in [2.24, 2.45) is 5.41 Å². The lowest BCUT2D eigenvalue weighted by Gasteiger charge is -2.26. The van der Waals surface area contributed by atoms with E-state index in [-0.39, 0.29) is 6.61 Å². The van der Waals surface area contributed by atoms with Crippen molar-refractivity contribution in [3.8, 4) is 0 Å². The quantitative estimate of drug-likeness (QED) is 0.488. The monoisotopic (exact) mass is 163 g/mol. The number of hydrogen-bond donors (Lipinski definition) is 1. The van der Waals surface area contributed by atoms with Crippen LogP contribution in [0.1, 0.15) is 20.8 Å². The van der Waals surface area contributed by atoms with Crippen LogP contribution in [0, 0.1) is 15.5 Å². The van der Waals surface area contributed by atoms with Gasteiger partial charge in [0, 0.05) is 0 Å². The van der Waals surface area contributed by atoms with Crippen molar-refractivity contribution in [1.82, 2.24) is 0 Å². The van der Waals surface area contributed by atoms with Gasteiger partial charge in [0.2, 0.25) is 0 Å². The molecule has 1 N–H and O–H groups in total. The Labute approximate surface area is 65.1 Å². The maximum Gasteiger partial charge on any atom is 0.294 e. The maximum absolute atomic E-state index is 9.89. The van der Waals surface area contributed by atoms with Gasteiger partial charge in [-0.1, -0.05) is 20.8 Å². The van der Waals surface area contributed by atoms with E-state index in [1.165, 1.54) is 0 Å². The lowest BCUT2D eigenvalue weighted by Crippen LogP contribution is -2.34. The van der Waals surface area contributed by atoms with Gasteiger partial charge in [-0.05, 0) is 5.41 Å². The normalized spacial score (nSPS) is 14.2. The maximum atomic E-state index is 9.89. The summed E-state index contributed by atoms with van der Waals surface area (Å²) in [5, 5.41) is 17.7. The van der Waals surface area contributed by atoms with Crippen molar-refractivity contribution in [1.29, 1.82) is 0 Å². The van der Waals surface area contributed by atoms with Crippen LogP contribution in [-0.4, -0.2) is 22.9 Å². The molecule has 0 saturated heterocycles. The van der Waals surface area contributed by atoms with Crippen molar-refractivity contribution in [2.75, 3.05) is 6.61 Å². The molecule has 0 spiro atoms. The fraction of sp³-hybridized carbons (Fsp3) is 1.00. The molecule has 0 radical (unpaired) electrons. The van der Waals surface area contributed by atoms with Gasteiger partial charge in [0.05, 0.1) is 6.61 Å². The van der Waals surface area contributed by atoms with E-state index in [0.29, 0.717) is 0 Å². The number of aliphatic hydroxyl groups is 1. The summed E-state index contributed by atoms with van der Waals surface area (Å²) in [4.78, 5) is 14.1. The van der Waals surface area contributed by atoms with E-state index in [1.807, 2.05) is 0 Å². The summed E-state index contributed by atoms with van der Waals surface area (Å²) in [5.74, 6) is 0. The molecule has 0 heterocycles. The van der Waals surface area contributed by atoms with E-state index in [9.17, 15) is 10.1 Å². The smallest absolute Gasteiger partial charge is 0.294 e. The molecule has 0 unspecified atom stereocenters. The molecule has 0 aromatic rings. The second kappa shape index (κ2) is 3.52. The van der Waals surface area contributed by atoms with Crippen LogP contribution in [0.25, 0.3) is 0 Å². The molecule has 5 heteroatoms. The third-order valence-electron chi connectivity index (χ3n) is 1.35. The fourth-order valence-corrected chi connectivity index (χ4v) is 0.569. The lowest BCUT2D eigenvalue weighted by molar-refractivity contribution is -0.772. The van der Waals surface area contributed by atoms with E-state index >= 15 is 0 Å². The number of aliphatic hydroxyl groups excluding tert-OH is 1. The molecule has 0 aliphatic carbocycles. The second-order valence-electron chi connectivity index (χ2n) is 3.37. The Kier molecular flexibility index (Phi) is 3.25. The van der Waals surface area contributed by atoms with Crippen LogP contribution in [0.15, 0.2) is 0 Å². The molecule has 0 aromatic heterocycles. The second-order valence-corrected chi connectivity index (χ2v) is 3.37. The van der Waals surface area contributed by atoms with Gasteiger partial charge in [-0.3, -0.25) is 0 Å². The van der Waals surface area contributed by atoms with E-state index in [4.69, 9.17) is 5.11 Å². The topological polar surface area (TPSA) is 72.6 Å². The van der Waals surface area contributed by atoms with Gasteiger partial charge in [-0.25, -0.2) is 0 Å². The van der Waals surface area contributed by atoms with E-state index in [2.05, 4.69) is 4.84 Å². The summed E-state index contributed by atoms with van der Waals surface area (Å²) in [7, 11) is 0. The number of rotatable bonds is 3.